The molecule has 0 saturated carbocycles. The zero-order valence-corrected chi connectivity index (χ0v) is 9.11. The monoisotopic (exact) mass is 207 g/mol. The second-order valence-corrected chi connectivity index (χ2v) is 4.11. The number of rotatable bonds is 3. The van der Waals surface area contributed by atoms with E-state index in [4.69, 9.17) is 0 Å². The van der Waals surface area contributed by atoms with E-state index in [2.05, 4.69) is 33.7 Å². The van der Waals surface area contributed by atoms with Crippen LogP contribution in [0.4, 0.5) is 0 Å². The summed E-state index contributed by atoms with van der Waals surface area (Å²) in [6, 6.07) is 4.11. The van der Waals surface area contributed by atoms with E-state index in [1.807, 2.05) is 13.1 Å². The van der Waals surface area contributed by atoms with Crippen molar-refractivity contribution in [1.29, 1.82) is 0 Å². The summed E-state index contributed by atoms with van der Waals surface area (Å²) >= 11 is 1.70. The van der Waals surface area contributed by atoms with Crippen molar-refractivity contribution in [3.63, 3.8) is 0 Å². The minimum atomic E-state index is 0.813. The Balaban J connectivity index is 2.33. The van der Waals surface area contributed by atoms with Crippen LogP contribution in [0.5, 0.6) is 0 Å². The summed E-state index contributed by atoms with van der Waals surface area (Å²) in [5.41, 5.74) is 2.23. The van der Waals surface area contributed by atoms with Gasteiger partial charge in [0.2, 0.25) is 0 Å². The number of aromatic nitrogens is 2. The molecule has 2 aromatic rings. The van der Waals surface area contributed by atoms with Crippen LogP contribution in [0.15, 0.2) is 17.5 Å². The summed E-state index contributed by atoms with van der Waals surface area (Å²) in [7, 11) is 1.93. The van der Waals surface area contributed by atoms with Crippen LogP contribution in [0.2, 0.25) is 0 Å². The van der Waals surface area contributed by atoms with Crippen LogP contribution in [-0.4, -0.2) is 17.0 Å². The summed E-state index contributed by atoms with van der Waals surface area (Å²) < 4.78 is 0. The number of nitrogens with one attached hydrogen (secondary N) is 2. The number of hydrogen-bond donors (Lipinski definition) is 2. The lowest BCUT2D eigenvalue weighted by Gasteiger charge is -1.93. The van der Waals surface area contributed by atoms with Crippen molar-refractivity contribution in [2.24, 2.45) is 0 Å². The number of hydrogen-bond acceptors (Lipinski definition) is 3. The van der Waals surface area contributed by atoms with E-state index in [0.29, 0.717) is 0 Å². The molecule has 0 amide bonds. The van der Waals surface area contributed by atoms with E-state index in [9.17, 15) is 0 Å². The third kappa shape index (κ3) is 1.71. The zero-order valence-electron chi connectivity index (χ0n) is 8.29. The van der Waals surface area contributed by atoms with E-state index in [1.54, 1.807) is 11.3 Å². The highest BCUT2D eigenvalue weighted by molar-refractivity contribution is 7.13. The number of imidazole rings is 1. The smallest absolute Gasteiger partial charge is 0.147 e. The molecular formula is C10H13N3S. The largest absolute Gasteiger partial charge is 0.341 e. The highest BCUT2D eigenvalue weighted by atomic mass is 32.1. The van der Waals surface area contributed by atoms with Crippen LogP contribution in [-0.2, 0) is 6.54 Å². The van der Waals surface area contributed by atoms with Gasteiger partial charge in [-0.1, -0.05) is 6.07 Å². The van der Waals surface area contributed by atoms with Crippen LogP contribution >= 0.6 is 11.3 Å². The van der Waals surface area contributed by atoms with Crippen LogP contribution in [0.1, 0.15) is 11.4 Å². The van der Waals surface area contributed by atoms with Crippen LogP contribution < -0.4 is 5.32 Å². The second-order valence-electron chi connectivity index (χ2n) is 3.16. The zero-order chi connectivity index (χ0) is 9.97. The van der Waals surface area contributed by atoms with Crippen molar-refractivity contribution in [3.05, 3.63) is 28.9 Å². The molecular weight excluding hydrogens is 194 g/mol. The van der Waals surface area contributed by atoms with Gasteiger partial charge in [0.1, 0.15) is 5.82 Å². The third-order valence-electron chi connectivity index (χ3n) is 2.08. The molecule has 0 radical (unpaired) electrons. The molecule has 2 N–H and O–H groups in total. The van der Waals surface area contributed by atoms with Gasteiger partial charge in [0, 0.05) is 12.2 Å². The van der Waals surface area contributed by atoms with Gasteiger partial charge in [-0.25, -0.2) is 4.98 Å². The van der Waals surface area contributed by atoms with Crippen LogP contribution in [0.3, 0.4) is 0 Å². The summed E-state index contributed by atoms with van der Waals surface area (Å²) in [4.78, 5) is 9.02. The molecule has 0 unspecified atom stereocenters. The highest BCUT2D eigenvalue weighted by Crippen LogP contribution is 2.22. The molecule has 4 heteroatoms. The maximum atomic E-state index is 4.53. The molecule has 0 fully saturated rings. The maximum Gasteiger partial charge on any atom is 0.147 e. The first kappa shape index (κ1) is 9.43. The van der Waals surface area contributed by atoms with Crippen molar-refractivity contribution >= 4 is 11.3 Å². The van der Waals surface area contributed by atoms with E-state index < -0.39 is 0 Å². The average molecular weight is 207 g/mol. The van der Waals surface area contributed by atoms with Gasteiger partial charge in [-0.15, -0.1) is 11.3 Å². The Morgan fingerprint density at radius 1 is 1.57 bits per heavy atom. The molecule has 0 saturated heterocycles. The van der Waals surface area contributed by atoms with E-state index in [1.165, 1.54) is 4.88 Å². The van der Waals surface area contributed by atoms with Gasteiger partial charge >= 0.3 is 0 Å². The van der Waals surface area contributed by atoms with Gasteiger partial charge in [-0.2, -0.15) is 0 Å². The van der Waals surface area contributed by atoms with Crippen molar-refractivity contribution < 1.29 is 0 Å². The van der Waals surface area contributed by atoms with E-state index in [-0.39, 0.29) is 0 Å². The summed E-state index contributed by atoms with van der Waals surface area (Å²) in [5.74, 6) is 0.975. The first-order chi connectivity index (χ1) is 6.81. The van der Waals surface area contributed by atoms with Crippen molar-refractivity contribution in [2.75, 3.05) is 7.05 Å². The molecule has 0 atom stereocenters. The van der Waals surface area contributed by atoms with E-state index >= 15 is 0 Å². The quantitative estimate of drug-likeness (QED) is 0.809. The number of aryl methyl sites for hydroxylation is 1. The highest BCUT2D eigenvalue weighted by Gasteiger charge is 2.07. The maximum absolute atomic E-state index is 4.53. The number of aromatic amines is 1. The lowest BCUT2D eigenvalue weighted by atomic mass is 10.3. The minimum absolute atomic E-state index is 0.813. The Morgan fingerprint density at radius 3 is 3.07 bits per heavy atom. The minimum Gasteiger partial charge on any atom is -0.341 e. The Morgan fingerprint density at radius 2 is 2.43 bits per heavy atom. The molecule has 0 spiro atoms. The molecule has 2 rings (SSSR count). The molecule has 3 nitrogen and oxygen atoms in total. The first-order valence-electron chi connectivity index (χ1n) is 4.55. The number of thiophene rings is 1. The molecule has 0 aliphatic rings. The lowest BCUT2D eigenvalue weighted by molar-refractivity contribution is 0.791. The van der Waals surface area contributed by atoms with Crippen LogP contribution in [0.25, 0.3) is 10.7 Å². The topological polar surface area (TPSA) is 40.7 Å². The number of nitrogens with zero attached hydrogens (tertiary/aromatic N) is 1. The molecule has 74 valence electrons. The fourth-order valence-electron chi connectivity index (χ4n) is 1.37. The fraction of sp³-hybridized carbons (Fsp3) is 0.300. The van der Waals surface area contributed by atoms with Gasteiger partial charge in [-0.3, -0.25) is 0 Å². The molecule has 14 heavy (non-hydrogen) atoms. The van der Waals surface area contributed by atoms with Gasteiger partial charge in [0.05, 0.1) is 10.6 Å². The summed E-state index contributed by atoms with van der Waals surface area (Å²) in [6.45, 7) is 2.87. The Kier molecular flexibility index (Phi) is 2.65. The number of H-pyrrole nitrogens is 1. The molecule has 0 aliphatic heterocycles. The molecule has 0 aromatic carbocycles. The lowest BCUT2D eigenvalue weighted by Crippen LogP contribution is -2.06. The molecule has 0 aliphatic carbocycles. The first-order valence-corrected chi connectivity index (χ1v) is 5.43. The fourth-order valence-corrected chi connectivity index (χ4v) is 2.04. The predicted octanol–water partition coefficient (Wildman–Crippen LogP) is 2.17. The second kappa shape index (κ2) is 3.94. The Bertz CT molecular complexity index is 403. The molecule has 2 heterocycles. The Hall–Kier alpha value is -1.13. The summed E-state index contributed by atoms with van der Waals surface area (Å²) in [6.07, 6.45) is 0. The average Bonchev–Trinajstić information content (AvgIpc) is 2.76. The Labute approximate surface area is 87.2 Å². The van der Waals surface area contributed by atoms with Gasteiger partial charge in [0.25, 0.3) is 0 Å². The van der Waals surface area contributed by atoms with Gasteiger partial charge in [-0.05, 0) is 25.4 Å². The van der Waals surface area contributed by atoms with Gasteiger partial charge in [0.15, 0.2) is 0 Å². The SMILES string of the molecule is CNCc1nc(-c2cccs2)[nH]c1C. The van der Waals surface area contributed by atoms with Crippen LogP contribution in [0, 0.1) is 6.92 Å². The predicted molar refractivity (Wildman–Crippen MR) is 59.4 cm³/mol. The summed E-state index contributed by atoms with van der Waals surface area (Å²) in [5, 5.41) is 5.16. The molecule has 0 bridgehead atoms. The van der Waals surface area contributed by atoms with Crippen molar-refractivity contribution in [3.8, 4) is 10.7 Å². The van der Waals surface area contributed by atoms with Crippen molar-refractivity contribution in [1.82, 2.24) is 15.3 Å². The molecule has 2 aromatic heterocycles. The normalized spacial score (nSPS) is 10.7. The van der Waals surface area contributed by atoms with Gasteiger partial charge < -0.3 is 10.3 Å². The standard InChI is InChI=1S/C10H13N3S/c1-7-8(6-11-2)13-10(12-7)9-4-3-5-14-9/h3-5,11H,6H2,1-2H3,(H,12,13). The third-order valence-corrected chi connectivity index (χ3v) is 2.96. The van der Waals surface area contributed by atoms with Crippen molar-refractivity contribution in [2.45, 2.75) is 13.5 Å². The van der Waals surface area contributed by atoms with E-state index in [0.717, 1.165) is 23.8 Å².